The van der Waals surface area contributed by atoms with Gasteiger partial charge >= 0.3 is 6.61 Å². The van der Waals surface area contributed by atoms with Gasteiger partial charge in [0.2, 0.25) is 0 Å². The molecule has 2 rings (SSSR count). The highest BCUT2D eigenvalue weighted by Crippen LogP contribution is 2.25. The number of ether oxygens (including phenoxy) is 1. The summed E-state index contributed by atoms with van der Waals surface area (Å²) in [5.74, 6) is -0.273. The molecule has 21 heavy (non-hydrogen) atoms. The minimum Gasteiger partial charge on any atom is -0.435 e. The van der Waals surface area contributed by atoms with Crippen LogP contribution in [0.3, 0.4) is 0 Å². The van der Waals surface area contributed by atoms with Gasteiger partial charge in [0.25, 0.3) is 0 Å². The molecule has 0 aliphatic rings. The number of anilines is 1. The third-order valence-electron chi connectivity index (χ3n) is 2.91. The molecule has 0 fully saturated rings. The molecule has 1 N–H and O–H groups in total. The van der Waals surface area contributed by atoms with E-state index in [2.05, 4.69) is 26.0 Å². The van der Waals surface area contributed by atoms with E-state index in [0.29, 0.717) is 10.2 Å². The van der Waals surface area contributed by atoms with E-state index in [1.54, 1.807) is 24.3 Å². The highest BCUT2D eigenvalue weighted by molar-refractivity contribution is 9.10. The van der Waals surface area contributed by atoms with E-state index in [1.807, 2.05) is 6.92 Å². The van der Waals surface area contributed by atoms with Crippen molar-refractivity contribution in [1.82, 2.24) is 0 Å². The van der Waals surface area contributed by atoms with Crippen LogP contribution in [0.1, 0.15) is 18.5 Å². The van der Waals surface area contributed by atoms with Gasteiger partial charge in [-0.05, 0) is 42.8 Å². The Morgan fingerprint density at radius 1 is 1.10 bits per heavy atom. The molecule has 1 atom stereocenters. The van der Waals surface area contributed by atoms with Gasteiger partial charge in [0.05, 0.1) is 5.69 Å². The second-order valence-corrected chi connectivity index (χ2v) is 5.35. The van der Waals surface area contributed by atoms with Crippen molar-refractivity contribution in [3.63, 3.8) is 0 Å². The molecule has 2 nitrogen and oxygen atoms in total. The Morgan fingerprint density at radius 3 is 2.33 bits per heavy atom. The molecule has 0 bridgehead atoms. The second-order valence-electron chi connectivity index (χ2n) is 4.44. The first-order chi connectivity index (χ1) is 9.95. The van der Waals surface area contributed by atoms with Gasteiger partial charge in [-0.15, -0.1) is 0 Å². The van der Waals surface area contributed by atoms with Crippen molar-refractivity contribution in [3.05, 3.63) is 58.3 Å². The topological polar surface area (TPSA) is 21.3 Å². The number of halogens is 4. The quantitative estimate of drug-likeness (QED) is 0.775. The van der Waals surface area contributed by atoms with Crippen LogP contribution in [0.2, 0.25) is 0 Å². The fourth-order valence-corrected chi connectivity index (χ4v) is 2.19. The molecule has 0 heterocycles. The van der Waals surface area contributed by atoms with Crippen molar-refractivity contribution in [2.75, 3.05) is 5.32 Å². The number of benzene rings is 2. The maximum atomic E-state index is 13.7. The van der Waals surface area contributed by atoms with E-state index in [-0.39, 0.29) is 17.6 Å². The van der Waals surface area contributed by atoms with Crippen LogP contribution in [0.5, 0.6) is 5.75 Å². The summed E-state index contributed by atoms with van der Waals surface area (Å²) in [6, 6.07) is 10.8. The van der Waals surface area contributed by atoms with Crippen LogP contribution in [0.4, 0.5) is 18.9 Å². The Labute approximate surface area is 129 Å². The molecule has 0 amide bonds. The Balaban J connectivity index is 2.07. The first-order valence-electron chi connectivity index (χ1n) is 6.22. The maximum absolute atomic E-state index is 13.7. The summed E-state index contributed by atoms with van der Waals surface area (Å²) in [6.45, 7) is -0.993. The molecule has 0 saturated heterocycles. The van der Waals surface area contributed by atoms with Gasteiger partial charge in [0.1, 0.15) is 11.6 Å². The molecular weight excluding hydrogens is 347 g/mol. The van der Waals surface area contributed by atoms with Crippen molar-refractivity contribution in [1.29, 1.82) is 0 Å². The molecule has 2 aromatic carbocycles. The third-order valence-corrected chi connectivity index (χ3v) is 3.40. The molecule has 6 heteroatoms. The number of rotatable bonds is 5. The number of hydrogen-bond donors (Lipinski definition) is 1. The fraction of sp³-hybridized carbons (Fsp3) is 0.200. The lowest BCUT2D eigenvalue weighted by atomic mass is 10.1. The van der Waals surface area contributed by atoms with Crippen LogP contribution < -0.4 is 10.1 Å². The van der Waals surface area contributed by atoms with Crippen molar-refractivity contribution in [2.24, 2.45) is 0 Å². The van der Waals surface area contributed by atoms with Gasteiger partial charge in [-0.1, -0.05) is 28.1 Å². The zero-order valence-corrected chi connectivity index (χ0v) is 12.7. The van der Waals surface area contributed by atoms with Crippen LogP contribution in [0.15, 0.2) is 46.9 Å². The van der Waals surface area contributed by atoms with Gasteiger partial charge in [0, 0.05) is 10.5 Å². The molecular formula is C15H13BrF3NO. The zero-order chi connectivity index (χ0) is 15.4. The van der Waals surface area contributed by atoms with Gasteiger partial charge in [-0.3, -0.25) is 0 Å². The SMILES string of the molecule is CC(Nc1ccc(Br)cc1F)c1ccc(OC(F)F)cc1. The highest BCUT2D eigenvalue weighted by Gasteiger charge is 2.10. The van der Waals surface area contributed by atoms with Gasteiger partial charge in [-0.2, -0.15) is 8.78 Å². The fourth-order valence-electron chi connectivity index (χ4n) is 1.86. The summed E-state index contributed by atoms with van der Waals surface area (Å²) < 4.78 is 42.8. The zero-order valence-electron chi connectivity index (χ0n) is 11.1. The first kappa shape index (κ1) is 15.7. The van der Waals surface area contributed by atoms with Crippen LogP contribution >= 0.6 is 15.9 Å². The van der Waals surface area contributed by atoms with Gasteiger partial charge in [0.15, 0.2) is 0 Å². The maximum Gasteiger partial charge on any atom is 0.387 e. The summed E-state index contributed by atoms with van der Waals surface area (Å²) in [5.41, 5.74) is 1.21. The van der Waals surface area contributed by atoms with Gasteiger partial charge < -0.3 is 10.1 Å². The normalized spacial score (nSPS) is 12.3. The largest absolute Gasteiger partial charge is 0.435 e. The van der Waals surface area contributed by atoms with E-state index < -0.39 is 6.61 Å². The predicted octanol–water partition coefficient (Wildman–Crippen LogP) is 5.36. The Hall–Kier alpha value is -1.69. The molecule has 0 spiro atoms. The predicted molar refractivity (Wildman–Crippen MR) is 79.2 cm³/mol. The number of hydrogen-bond acceptors (Lipinski definition) is 2. The summed E-state index contributed by atoms with van der Waals surface area (Å²) in [4.78, 5) is 0. The van der Waals surface area contributed by atoms with Crippen molar-refractivity contribution < 1.29 is 17.9 Å². The van der Waals surface area contributed by atoms with Crippen LogP contribution in [-0.2, 0) is 0 Å². The standard InChI is InChI=1S/C15H13BrF3NO/c1-9(20-14-7-4-11(16)8-13(14)17)10-2-5-12(6-3-10)21-15(18)19/h2-9,15,20H,1H3. The average Bonchev–Trinajstić information content (AvgIpc) is 2.42. The van der Waals surface area contributed by atoms with E-state index in [1.165, 1.54) is 18.2 Å². The summed E-state index contributed by atoms with van der Waals surface area (Å²) >= 11 is 3.19. The van der Waals surface area contributed by atoms with E-state index in [0.717, 1.165) is 5.56 Å². The Bertz CT molecular complexity index is 604. The minimum absolute atomic E-state index is 0.0933. The molecule has 2 aromatic rings. The molecule has 0 radical (unpaired) electrons. The van der Waals surface area contributed by atoms with Crippen LogP contribution in [0, 0.1) is 5.82 Å². The molecule has 0 saturated carbocycles. The molecule has 0 aromatic heterocycles. The van der Waals surface area contributed by atoms with E-state index in [4.69, 9.17) is 0 Å². The molecule has 0 aliphatic heterocycles. The molecule has 112 valence electrons. The summed E-state index contributed by atoms with van der Waals surface area (Å²) in [7, 11) is 0. The summed E-state index contributed by atoms with van der Waals surface area (Å²) in [6.07, 6.45) is 0. The second kappa shape index (κ2) is 6.85. The van der Waals surface area contributed by atoms with Crippen molar-refractivity contribution in [3.8, 4) is 5.75 Å². The lowest BCUT2D eigenvalue weighted by Crippen LogP contribution is -2.08. The monoisotopic (exact) mass is 359 g/mol. The molecule has 0 aliphatic carbocycles. The Morgan fingerprint density at radius 2 is 1.76 bits per heavy atom. The Kier molecular flexibility index (Phi) is 5.12. The lowest BCUT2D eigenvalue weighted by Gasteiger charge is -2.17. The minimum atomic E-state index is -2.84. The van der Waals surface area contributed by atoms with Crippen molar-refractivity contribution in [2.45, 2.75) is 19.6 Å². The summed E-state index contributed by atoms with van der Waals surface area (Å²) in [5, 5.41) is 3.03. The van der Waals surface area contributed by atoms with Crippen LogP contribution in [0.25, 0.3) is 0 Å². The average molecular weight is 360 g/mol. The highest BCUT2D eigenvalue weighted by atomic mass is 79.9. The van der Waals surface area contributed by atoms with Gasteiger partial charge in [-0.25, -0.2) is 4.39 Å². The lowest BCUT2D eigenvalue weighted by molar-refractivity contribution is -0.0498. The number of alkyl halides is 2. The van der Waals surface area contributed by atoms with Crippen molar-refractivity contribution >= 4 is 21.6 Å². The smallest absolute Gasteiger partial charge is 0.387 e. The van der Waals surface area contributed by atoms with E-state index >= 15 is 0 Å². The molecule has 1 unspecified atom stereocenters. The van der Waals surface area contributed by atoms with E-state index in [9.17, 15) is 13.2 Å². The number of nitrogens with one attached hydrogen (secondary N) is 1. The van der Waals surface area contributed by atoms with Crippen LogP contribution in [-0.4, -0.2) is 6.61 Å². The third kappa shape index (κ3) is 4.39. The first-order valence-corrected chi connectivity index (χ1v) is 7.01.